The van der Waals surface area contributed by atoms with E-state index in [1.54, 1.807) is 37.3 Å². The summed E-state index contributed by atoms with van der Waals surface area (Å²) in [5.41, 5.74) is 1.05. The molecule has 0 aliphatic carbocycles. The van der Waals surface area contributed by atoms with Crippen LogP contribution in [0.15, 0.2) is 41.3 Å². The van der Waals surface area contributed by atoms with Gasteiger partial charge in [0, 0.05) is 7.05 Å². The predicted molar refractivity (Wildman–Crippen MR) is 89.8 cm³/mol. The average Bonchev–Trinajstić information content (AvgIpc) is 2.49. The summed E-state index contributed by atoms with van der Waals surface area (Å²) in [5, 5.41) is 0.493. The third-order valence-corrected chi connectivity index (χ3v) is 5.87. The SMILES string of the molecule is COc1ccc(S(=O)(=O)N(C)c2cccc(Cl)c2Cl)cc1C. The van der Waals surface area contributed by atoms with Crippen LogP contribution in [0.4, 0.5) is 5.69 Å². The van der Waals surface area contributed by atoms with Gasteiger partial charge in [-0.25, -0.2) is 8.42 Å². The summed E-state index contributed by atoms with van der Waals surface area (Å²) in [6.07, 6.45) is 0. The summed E-state index contributed by atoms with van der Waals surface area (Å²) in [4.78, 5) is 0.157. The van der Waals surface area contributed by atoms with Gasteiger partial charge in [-0.05, 0) is 42.8 Å². The van der Waals surface area contributed by atoms with E-state index in [1.807, 2.05) is 0 Å². The molecule has 0 amide bonds. The fraction of sp³-hybridized carbons (Fsp3) is 0.200. The van der Waals surface area contributed by atoms with Gasteiger partial charge in [-0.15, -0.1) is 0 Å². The van der Waals surface area contributed by atoms with E-state index in [4.69, 9.17) is 27.9 Å². The summed E-state index contributed by atoms with van der Waals surface area (Å²) in [5.74, 6) is 0.627. The van der Waals surface area contributed by atoms with E-state index >= 15 is 0 Å². The van der Waals surface area contributed by atoms with Gasteiger partial charge in [-0.3, -0.25) is 4.31 Å². The predicted octanol–water partition coefficient (Wildman–Crippen LogP) is 4.14. The van der Waals surface area contributed by atoms with E-state index in [2.05, 4.69) is 0 Å². The Morgan fingerprint density at radius 1 is 1.14 bits per heavy atom. The monoisotopic (exact) mass is 359 g/mol. The molecule has 0 radical (unpaired) electrons. The van der Waals surface area contributed by atoms with Crippen molar-refractivity contribution < 1.29 is 13.2 Å². The number of rotatable bonds is 4. The van der Waals surface area contributed by atoms with Crippen molar-refractivity contribution in [3.8, 4) is 5.75 Å². The Bertz CT molecular complexity index is 806. The standard InChI is InChI=1S/C15H15Cl2NO3S/c1-10-9-11(7-8-14(10)21-3)22(19,20)18(2)13-6-4-5-12(16)15(13)17/h4-9H,1-3H3. The maximum absolute atomic E-state index is 12.7. The lowest BCUT2D eigenvalue weighted by Crippen LogP contribution is -2.27. The number of aryl methyl sites for hydroxylation is 1. The molecular formula is C15H15Cl2NO3S. The first-order valence-electron chi connectivity index (χ1n) is 6.36. The molecule has 0 saturated heterocycles. The van der Waals surface area contributed by atoms with Crippen molar-refractivity contribution in [2.75, 3.05) is 18.5 Å². The summed E-state index contributed by atoms with van der Waals surface area (Å²) in [7, 11) is -0.771. The Labute approximate surface area is 140 Å². The number of methoxy groups -OCH3 is 1. The highest BCUT2D eigenvalue weighted by molar-refractivity contribution is 7.92. The summed E-state index contributed by atoms with van der Waals surface area (Å²) in [6, 6.07) is 9.53. The first-order valence-corrected chi connectivity index (χ1v) is 8.56. The largest absolute Gasteiger partial charge is 0.496 e. The number of anilines is 1. The molecule has 0 atom stereocenters. The zero-order valence-electron chi connectivity index (χ0n) is 12.3. The van der Waals surface area contributed by atoms with Crippen LogP contribution >= 0.6 is 23.2 Å². The lowest BCUT2D eigenvalue weighted by atomic mass is 10.2. The van der Waals surface area contributed by atoms with Crippen molar-refractivity contribution >= 4 is 38.9 Å². The van der Waals surface area contributed by atoms with Crippen LogP contribution < -0.4 is 9.04 Å². The Balaban J connectivity index is 2.50. The Morgan fingerprint density at radius 2 is 1.82 bits per heavy atom. The van der Waals surface area contributed by atoms with Gasteiger partial charge in [-0.1, -0.05) is 29.3 Å². The number of benzene rings is 2. The molecule has 4 nitrogen and oxygen atoms in total. The highest BCUT2D eigenvalue weighted by atomic mass is 35.5. The second-order valence-electron chi connectivity index (χ2n) is 4.68. The molecule has 2 aromatic rings. The molecule has 0 N–H and O–H groups in total. The smallest absolute Gasteiger partial charge is 0.264 e. The number of hydrogen-bond acceptors (Lipinski definition) is 3. The topological polar surface area (TPSA) is 46.6 Å². The van der Waals surface area contributed by atoms with Gasteiger partial charge in [0.25, 0.3) is 10.0 Å². The molecule has 0 aliphatic rings. The van der Waals surface area contributed by atoms with Crippen LogP contribution in [0.1, 0.15) is 5.56 Å². The molecular weight excluding hydrogens is 345 g/mol. The van der Waals surface area contributed by atoms with Crippen LogP contribution in [-0.4, -0.2) is 22.6 Å². The quantitative estimate of drug-likeness (QED) is 0.824. The fourth-order valence-corrected chi connectivity index (χ4v) is 3.80. The van der Waals surface area contributed by atoms with Crippen molar-refractivity contribution in [2.45, 2.75) is 11.8 Å². The van der Waals surface area contributed by atoms with E-state index in [-0.39, 0.29) is 9.92 Å². The summed E-state index contributed by atoms with van der Waals surface area (Å²) >= 11 is 12.1. The molecule has 0 aromatic heterocycles. The number of halogens is 2. The Morgan fingerprint density at radius 3 is 2.41 bits per heavy atom. The normalized spacial score (nSPS) is 11.3. The van der Waals surface area contributed by atoms with Crippen LogP contribution in [0, 0.1) is 6.92 Å². The second-order valence-corrected chi connectivity index (χ2v) is 7.43. The van der Waals surface area contributed by atoms with Crippen molar-refractivity contribution in [2.24, 2.45) is 0 Å². The summed E-state index contributed by atoms with van der Waals surface area (Å²) < 4.78 is 31.7. The molecule has 0 saturated carbocycles. The summed E-state index contributed by atoms with van der Waals surface area (Å²) in [6.45, 7) is 1.78. The van der Waals surface area contributed by atoms with Gasteiger partial charge in [0.05, 0.1) is 27.7 Å². The highest BCUT2D eigenvalue weighted by Gasteiger charge is 2.24. The molecule has 0 unspecified atom stereocenters. The van der Waals surface area contributed by atoms with Gasteiger partial charge < -0.3 is 4.74 Å². The van der Waals surface area contributed by atoms with Gasteiger partial charge in [0.2, 0.25) is 0 Å². The Kier molecular flexibility index (Phi) is 4.90. The van der Waals surface area contributed by atoms with Crippen molar-refractivity contribution in [3.63, 3.8) is 0 Å². The molecule has 0 bridgehead atoms. The van der Waals surface area contributed by atoms with Crippen molar-refractivity contribution in [3.05, 3.63) is 52.0 Å². The fourth-order valence-electron chi connectivity index (χ4n) is 2.03. The maximum Gasteiger partial charge on any atom is 0.264 e. The van der Waals surface area contributed by atoms with E-state index < -0.39 is 10.0 Å². The van der Waals surface area contributed by atoms with Gasteiger partial charge >= 0.3 is 0 Å². The number of hydrogen-bond donors (Lipinski definition) is 0. The average molecular weight is 360 g/mol. The van der Waals surface area contributed by atoms with E-state index in [0.29, 0.717) is 16.5 Å². The molecule has 0 spiro atoms. The first kappa shape index (κ1) is 16.9. The molecule has 2 aromatic carbocycles. The molecule has 7 heteroatoms. The molecule has 0 fully saturated rings. The van der Waals surface area contributed by atoms with Gasteiger partial charge in [-0.2, -0.15) is 0 Å². The molecule has 0 aliphatic heterocycles. The van der Waals surface area contributed by atoms with Crippen LogP contribution in [0.25, 0.3) is 0 Å². The molecule has 2 rings (SSSR count). The van der Waals surface area contributed by atoms with E-state index in [1.165, 1.54) is 20.2 Å². The first-order chi connectivity index (χ1) is 10.3. The molecule has 118 valence electrons. The van der Waals surface area contributed by atoms with Crippen LogP contribution in [0.5, 0.6) is 5.75 Å². The minimum Gasteiger partial charge on any atom is -0.496 e. The van der Waals surface area contributed by atoms with E-state index in [9.17, 15) is 8.42 Å². The molecule has 0 heterocycles. The third kappa shape index (κ3) is 3.02. The van der Waals surface area contributed by atoms with Crippen LogP contribution in [0.3, 0.4) is 0 Å². The molecule has 22 heavy (non-hydrogen) atoms. The highest BCUT2D eigenvalue weighted by Crippen LogP contribution is 2.34. The third-order valence-electron chi connectivity index (χ3n) is 3.30. The number of sulfonamides is 1. The van der Waals surface area contributed by atoms with E-state index in [0.717, 1.165) is 9.87 Å². The number of ether oxygens (including phenoxy) is 1. The minimum absolute atomic E-state index is 0.157. The van der Waals surface area contributed by atoms with Crippen molar-refractivity contribution in [1.29, 1.82) is 0 Å². The lowest BCUT2D eigenvalue weighted by molar-refractivity contribution is 0.411. The zero-order valence-corrected chi connectivity index (χ0v) is 14.6. The van der Waals surface area contributed by atoms with Crippen LogP contribution in [0.2, 0.25) is 10.0 Å². The maximum atomic E-state index is 12.7. The van der Waals surface area contributed by atoms with Gasteiger partial charge in [0.1, 0.15) is 5.75 Å². The second kappa shape index (κ2) is 6.36. The van der Waals surface area contributed by atoms with Crippen LogP contribution in [-0.2, 0) is 10.0 Å². The van der Waals surface area contributed by atoms with Crippen molar-refractivity contribution in [1.82, 2.24) is 0 Å². The Hall–Kier alpha value is -1.43. The van der Waals surface area contributed by atoms with Gasteiger partial charge in [0.15, 0.2) is 0 Å². The number of nitrogens with zero attached hydrogens (tertiary/aromatic N) is 1. The lowest BCUT2D eigenvalue weighted by Gasteiger charge is -2.21. The zero-order chi connectivity index (χ0) is 16.5. The minimum atomic E-state index is -3.74.